The summed E-state index contributed by atoms with van der Waals surface area (Å²) in [5, 5.41) is 3.67. The molecule has 1 saturated heterocycles. The number of aromatic nitrogens is 2. The van der Waals surface area contributed by atoms with Crippen LogP contribution in [-0.4, -0.2) is 53.5 Å². The first-order valence-corrected chi connectivity index (χ1v) is 12.0. The molecule has 2 N–H and O–H groups in total. The number of hydrogen-bond acceptors (Lipinski definition) is 6. The Kier molecular flexibility index (Phi) is 6.62. The van der Waals surface area contributed by atoms with Crippen LogP contribution in [-0.2, 0) is 11.2 Å². The molecule has 3 heterocycles. The number of piperazine rings is 1. The van der Waals surface area contributed by atoms with Gasteiger partial charge in [0.05, 0.1) is 5.39 Å². The first-order chi connectivity index (χ1) is 15.4. The first kappa shape index (κ1) is 22.5. The minimum Gasteiger partial charge on any atom is -0.369 e. The van der Waals surface area contributed by atoms with Gasteiger partial charge in [-0.15, -0.1) is 11.3 Å². The number of aryl methyl sites for hydroxylation is 4. The van der Waals surface area contributed by atoms with Gasteiger partial charge < -0.3 is 20.1 Å². The third-order valence-electron chi connectivity index (χ3n) is 6.35. The Morgan fingerprint density at radius 2 is 1.94 bits per heavy atom. The molecular weight excluding hydrogens is 422 g/mol. The number of nitrogens with one attached hydrogen (secondary N) is 2. The van der Waals surface area contributed by atoms with Gasteiger partial charge in [-0.2, -0.15) is 0 Å². The van der Waals surface area contributed by atoms with Crippen molar-refractivity contribution in [3.63, 3.8) is 0 Å². The maximum Gasteiger partial charge on any atom is 0.259 e. The van der Waals surface area contributed by atoms with E-state index in [2.05, 4.69) is 44.1 Å². The van der Waals surface area contributed by atoms with Crippen molar-refractivity contribution in [3.05, 3.63) is 50.4 Å². The van der Waals surface area contributed by atoms with Crippen molar-refractivity contribution in [2.45, 2.75) is 40.5 Å². The number of carbonyl (C=O) groups excluding carboxylic acids is 1. The molecule has 1 aromatic carbocycles. The largest absolute Gasteiger partial charge is 0.369 e. The Labute approximate surface area is 192 Å². The quantitative estimate of drug-likeness (QED) is 0.596. The molecule has 0 unspecified atom stereocenters. The number of nitrogens with zero attached hydrogens (tertiary/aromatic N) is 3. The molecule has 1 aliphatic rings. The lowest BCUT2D eigenvalue weighted by Crippen LogP contribution is -2.46. The second-order valence-electron chi connectivity index (χ2n) is 8.44. The smallest absolute Gasteiger partial charge is 0.259 e. The zero-order valence-electron chi connectivity index (χ0n) is 19.2. The molecule has 0 bridgehead atoms. The monoisotopic (exact) mass is 453 g/mol. The van der Waals surface area contributed by atoms with Crippen molar-refractivity contribution in [1.29, 1.82) is 0 Å². The summed E-state index contributed by atoms with van der Waals surface area (Å²) in [6.45, 7) is 13.5. The number of anilines is 2. The van der Waals surface area contributed by atoms with Crippen molar-refractivity contribution < 1.29 is 4.79 Å². The summed E-state index contributed by atoms with van der Waals surface area (Å²) < 4.78 is 0. The predicted octanol–water partition coefficient (Wildman–Crippen LogP) is 3.62. The molecule has 0 atom stereocenters. The van der Waals surface area contributed by atoms with Gasteiger partial charge in [0.25, 0.3) is 5.56 Å². The van der Waals surface area contributed by atoms with Crippen molar-refractivity contribution in [2.75, 3.05) is 42.9 Å². The molecule has 2 aromatic heterocycles. The Morgan fingerprint density at radius 1 is 1.19 bits per heavy atom. The average Bonchev–Trinajstić information content (AvgIpc) is 3.07. The Morgan fingerprint density at radius 3 is 2.62 bits per heavy atom. The highest BCUT2D eigenvalue weighted by atomic mass is 32.1. The number of likely N-dealkylation sites (N-methyl/N-ethyl adjacent to an activating group) is 1. The Balaban J connectivity index is 1.37. The van der Waals surface area contributed by atoms with E-state index in [9.17, 15) is 9.59 Å². The molecule has 7 nitrogen and oxygen atoms in total. The lowest BCUT2D eigenvalue weighted by atomic mass is 10.1. The van der Waals surface area contributed by atoms with Gasteiger partial charge >= 0.3 is 0 Å². The van der Waals surface area contributed by atoms with Crippen LogP contribution in [0.5, 0.6) is 0 Å². The van der Waals surface area contributed by atoms with E-state index >= 15 is 0 Å². The van der Waals surface area contributed by atoms with E-state index in [0.29, 0.717) is 17.6 Å². The van der Waals surface area contributed by atoms with E-state index in [1.54, 1.807) is 0 Å². The van der Waals surface area contributed by atoms with Gasteiger partial charge in [-0.25, -0.2) is 4.98 Å². The van der Waals surface area contributed by atoms with E-state index in [1.807, 2.05) is 26.8 Å². The molecule has 8 heteroatoms. The fourth-order valence-corrected chi connectivity index (χ4v) is 5.22. The third-order valence-corrected chi connectivity index (χ3v) is 7.45. The predicted molar refractivity (Wildman–Crippen MR) is 132 cm³/mol. The van der Waals surface area contributed by atoms with E-state index in [4.69, 9.17) is 0 Å². The van der Waals surface area contributed by atoms with Gasteiger partial charge in [0.1, 0.15) is 10.7 Å². The number of amides is 1. The maximum atomic E-state index is 12.6. The van der Waals surface area contributed by atoms with E-state index in [0.717, 1.165) is 59.2 Å². The van der Waals surface area contributed by atoms with Gasteiger partial charge in [0, 0.05) is 55.3 Å². The fourth-order valence-electron chi connectivity index (χ4n) is 4.17. The second kappa shape index (κ2) is 9.42. The summed E-state index contributed by atoms with van der Waals surface area (Å²) in [7, 11) is 0. The molecule has 1 amide bonds. The number of hydrogen-bond donors (Lipinski definition) is 2. The number of thiophene rings is 1. The summed E-state index contributed by atoms with van der Waals surface area (Å²) in [5.41, 5.74) is 3.93. The Hall–Kier alpha value is -2.71. The SMILES string of the molecule is CCN1CCN(c2ccc(NC(=O)CCc3nc4sc(C)c(C)c4c(=O)[nH]3)c(C)c2)CC1. The van der Waals surface area contributed by atoms with Gasteiger partial charge in [0.2, 0.25) is 5.91 Å². The lowest BCUT2D eigenvalue weighted by molar-refractivity contribution is -0.116. The van der Waals surface area contributed by atoms with E-state index < -0.39 is 0 Å². The highest BCUT2D eigenvalue weighted by Gasteiger charge is 2.17. The number of H-pyrrole nitrogens is 1. The molecular formula is C24H31N5O2S. The van der Waals surface area contributed by atoms with Crippen LogP contribution in [0.25, 0.3) is 10.2 Å². The molecule has 170 valence electrons. The van der Waals surface area contributed by atoms with Gasteiger partial charge in [-0.05, 0) is 56.6 Å². The molecule has 0 saturated carbocycles. The summed E-state index contributed by atoms with van der Waals surface area (Å²) in [6, 6.07) is 6.21. The second-order valence-corrected chi connectivity index (χ2v) is 9.65. The van der Waals surface area contributed by atoms with Crippen molar-refractivity contribution in [1.82, 2.24) is 14.9 Å². The van der Waals surface area contributed by atoms with Crippen molar-refractivity contribution >= 4 is 38.8 Å². The van der Waals surface area contributed by atoms with Crippen LogP contribution >= 0.6 is 11.3 Å². The number of aromatic amines is 1. The Bertz CT molecular complexity index is 1190. The van der Waals surface area contributed by atoms with E-state index in [-0.39, 0.29) is 17.9 Å². The standard InChI is InChI=1S/C24H31N5O2S/c1-5-28-10-12-29(13-11-28)18-6-7-19(15(2)14-18)25-21(30)9-8-20-26-23(31)22-16(3)17(4)32-24(22)27-20/h6-7,14H,5,8-13H2,1-4H3,(H,25,30)(H,26,27,31). The van der Waals surface area contributed by atoms with Crippen molar-refractivity contribution in [3.8, 4) is 0 Å². The number of benzene rings is 1. The number of rotatable bonds is 6. The maximum absolute atomic E-state index is 12.6. The summed E-state index contributed by atoms with van der Waals surface area (Å²) in [6.07, 6.45) is 0.657. The fraction of sp³-hybridized carbons (Fsp3) is 0.458. The molecule has 0 radical (unpaired) electrons. The lowest BCUT2D eigenvalue weighted by Gasteiger charge is -2.35. The summed E-state index contributed by atoms with van der Waals surface area (Å²) in [5.74, 6) is 0.468. The minimum absolute atomic E-state index is 0.0845. The third kappa shape index (κ3) is 4.71. The zero-order chi connectivity index (χ0) is 22.8. The van der Waals surface area contributed by atoms with Crippen LogP contribution in [0.3, 0.4) is 0 Å². The molecule has 1 fully saturated rings. The van der Waals surface area contributed by atoms with Crippen LogP contribution in [0, 0.1) is 20.8 Å². The van der Waals surface area contributed by atoms with Crippen LogP contribution in [0.2, 0.25) is 0 Å². The topological polar surface area (TPSA) is 81.3 Å². The average molecular weight is 454 g/mol. The highest BCUT2D eigenvalue weighted by Crippen LogP contribution is 2.26. The van der Waals surface area contributed by atoms with Gasteiger partial charge in [0.15, 0.2) is 0 Å². The van der Waals surface area contributed by atoms with Gasteiger partial charge in [-0.3, -0.25) is 9.59 Å². The minimum atomic E-state index is -0.126. The normalized spacial score (nSPS) is 14.8. The molecule has 0 aliphatic carbocycles. The summed E-state index contributed by atoms with van der Waals surface area (Å²) >= 11 is 1.52. The molecule has 3 aromatic rings. The molecule has 32 heavy (non-hydrogen) atoms. The zero-order valence-corrected chi connectivity index (χ0v) is 20.1. The molecule has 0 spiro atoms. The number of fused-ring (bicyclic) bond motifs is 1. The van der Waals surface area contributed by atoms with Crippen LogP contribution in [0.15, 0.2) is 23.0 Å². The highest BCUT2D eigenvalue weighted by molar-refractivity contribution is 7.18. The molecule has 1 aliphatic heterocycles. The molecule has 4 rings (SSSR count). The van der Waals surface area contributed by atoms with Crippen molar-refractivity contribution in [2.24, 2.45) is 0 Å². The van der Waals surface area contributed by atoms with Crippen LogP contribution in [0.4, 0.5) is 11.4 Å². The summed E-state index contributed by atoms with van der Waals surface area (Å²) in [4.78, 5) is 39.1. The van der Waals surface area contributed by atoms with Crippen LogP contribution in [0.1, 0.15) is 35.2 Å². The van der Waals surface area contributed by atoms with E-state index in [1.165, 1.54) is 17.0 Å². The first-order valence-electron chi connectivity index (χ1n) is 11.2. The number of carbonyl (C=O) groups is 1. The van der Waals surface area contributed by atoms with Crippen LogP contribution < -0.4 is 15.8 Å². The van der Waals surface area contributed by atoms with Gasteiger partial charge in [-0.1, -0.05) is 6.92 Å².